The lowest BCUT2D eigenvalue weighted by atomic mass is 10.0. The highest BCUT2D eigenvalue weighted by Gasteiger charge is 2.46. The van der Waals surface area contributed by atoms with Crippen molar-refractivity contribution in [2.24, 2.45) is 0 Å². The van der Waals surface area contributed by atoms with E-state index >= 15 is 0 Å². The van der Waals surface area contributed by atoms with Crippen LogP contribution < -0.4 is 4.72 Å². The summed E-state index contributed by atoms with van der Waals surface area (Å²) < 4.78 is 57.5. The molecule has 0 fully saturated rings. The first-order chi connectivity index (χ1) is 6.87. The molecule has 0 aliphatic heterocycles. The molecule has 0 aromatic heterocycles. The number of alkyl halides is 3. The summed E-state index contributed by atoms with van der Waals surface area (Å²) in [5, 5.41) is 17.5. The van der Waals surface area contributed by atoms with Crippen LogP contribution >= 0.6 is 0 Å². The number of rotatable bonds is 5. The lowest BCUT2D eigenvalue weighted by Crippen LogP contribution is -2.46. The Bertz CT molecular complexity index is 361. The smallest absolute Gasteiger partial charge is 0.481 e. The number of halogens is 3. The van der Waals surface area contributed by atoms with Gasteiger partial charge in [0.2, 0.25) is 0 Å². The van der Waals surface area contributed by atoms with E-state index < -0.39 is 40.1 Å². The van der Waals surface area contributed by atoms with Crippen LogP contribution in [0.5, 0.6) is 0 Å². The van der Waals surface area contributed by atoms with Crippen LogP contribution in [-0.4, -0.2) is 42.3 Å². The van der Waals surface area contributed by atoms with Gasteiger partial charge >= 0.3 is 21.5 Å². The molecule has 96 valence electrons. The molecule has 1 atom stereocenters. The Balaban J connectivity index is 4.53. The fraction of sp³-hybridized carbons (Fsp3) is 0.833. The van der Waals surface area contributed by atoms with E-state index in [2.05, 4.69) is 0 Å². The Labute approximate surface area is 89.1 Å². The third kappa shape index (κ3) is 4.77. The van der Waals surface area contributed by atoms with Gasteiger partial charge in [0, 0.05) is 6.54 Å². The summed E-state index contributed by atoms with van der Waals surface area (Å²) >= 11 is 0. The Morgan fingerprint density at radius 1 is 1.38 bits per heavy atom. The van der Waals surface area contributed by atoms with Gasteiger partial charge in [0.05, 0.1) is 12.0 Å². The number of aliphatic carboxylic acids is 1. The number of hydrogen-bond donors (Lipinski definition) is 3. The van der Waals surface area contributed by atoms with E-state index in [4.69, 9.17) is 5.11 Å². The fourth-order valence-electron chi connectivity index (χ4n) is 0.721. The zero-order valence-corrected chi connectivity index (χ0v) is 8.89. The maximum Gasteiger partial charge on any atom is 0.511 e. The second-order valence-corrected chi connectivity index (χ2v) is 5.10. The molecular weight excluding hydrogens is 255 g/mol. The topological polar surface area (TPSA) is 104 Å². The molecule has 0 saturated carbocycles. The summed E-state index contributed by atoms with van der Waals surface area (Å²) in [6.45, 7) is -0.138. The van der Waals surface area contributed by atoms with Crippen LogP contribution in [0.15, 0.2) is 0 Å². The summed E-state index contributed by atoms with van der Waals surface area (Å²) in [5.74, 6) is -1.46. The van der Waals surface area contributed by atoms with Crippen LogP contribution in [0.2, 0.25) is 0 Å². The second kappa shape index (κ2) is 4.55. The Morgan fingerprint density at radius 3 is 2.12 bits per heavy atom. The van der Waals surface area contributed by atoms with Crippen LogP contribution in [0.4, 0.5) is 13.2 Å². The molecule has 0 saturated heterocycles. The molecule has 3 N–H and O–H groups in total. The molecule has 16 heavy (non-hydrogen) atoms. The standard InChI is InChI=1S/C6H10F3NO5S/c1-5(13,2-4(11)12)3-10-16(14,15)6(7,8)9/h10,13H,2-3H2,1H3,(H,11,12). The highest BCUT2D eigenvalue weighted by molar-refractivity contribution is 7.90. The molecule has 0 aliphatic rings. The van der Waals surface area contributed by atoms with Gasteiger partial charge in [-0.1, -0.05) is 0 Å². The molecule has 0 heterocycles. The van der Waals surface area contributed by atoms with Crippen molar-refractivity contribution in [3.63, 3.8) is 0 Å². The van der Waals surface area contributed by atoms with Crippen molar-refractivity contribution in [2.75, 3.05) is 6.54 Å². The molecule has 0 radical (unpaired) electrons. The van der Waals surface area contributed by atoms with Crippen LogP contribution in [0, 0.1) is 0 Å². The molecule has 0 bridgehead atoms. The third-order valence-corrected chi connectivity index (χ3v) is 2.61. The van der Waals surface area contributed by atoms with Crippen LogP contribution in [0.25, 0.3) is 0 Å². The van der Waals surface area contributed by atoms with Crippen LogP contribution in [-0.2, 0) is 14.8 Å². The number of hydrogen-bond acceptors (Lipinski definition) is 4. The molecule has 0 aliphatic carbocycles. The molecule has 6 nitrogen and oxygen atoms in total. The molecule has 0 amide bonds. The van der Waals surface area contributed by atoms with Crippen molar-refractivity contribution in [2.45, 2.75) is 24.5 Å². The monoisotopic (exact) mass is 265 g/mol. The first-order valence-corrected chi connectivity index (χ1v) is 5.36. The maximum atomic E-state index is 11.8. The van der Waals surface area contributed by atoms with Crippen molar-refractivity contribution in [3.05, 3.63) is 0 Å². The van der Waals surface area contributed by atoms with E-state index in [0.29, 0.717) is 0 Å². The van der Waals surface area contributed by atoms with Crippen molar-refractivity contribution < 1.29 is 36.6 Å². The van der Waals surface area contributed by atoms with E-state index in [1.54, 1.807) is 0 Å². The summed E-state index contributed by atoms with van der Waals surface area (Å²) in [7, 11) is -5.57. The molecule has 0 spiro atoms. The van der Waals surface area contributed by atoms with Gasteiger partial charge in [-0.25, -0.2) is 13.1 Å². The molecule has 10 heteroatoms. The largest absolute Gasteiger partial charge is 0.511 e. The Kier molecular flexibility index (Phi) is 4.31. The highest BCUT2D eigenvalue weighted by Crippen LogP contribution is 2.22. The van der Waals surface area contributed by atoms with Gasteiger partial charge < -0.3 is 10.2 Å². The molecule has 1 unspecified atom stereocenters. The van der Waals surface area contributed by atoms with Gasteiger partial charge in [0.1, 0.15) is 0 Å². The number of aliphatic hydroxyl groups is 1. The lowest BCUT2D eigenvalue weighted by molar-refractivity contribution is -0.141. The number of sulfonamides is 1. The SMILES string of the molecule is CC(O)(CNS(=O)(=O)C(F)(F)F)CC(=O)O. The van der Waals surface area contributed by atoms with Crippen LogP contribution in [0.1, 0.15) is 13.3 Å². The highest BCUT2D eigenvalue weighted by atomic mass is 32.2. The van der Waals surface area contributed by atoms with Gasteiger partial charge in [-0.3, -0.25) is 4.79 Å². The van der Waals surface area contributed by atoms with E-state index in [9.17, 15) is 31.5 Å². The van der Waals surface area contributed by atoms with Crippen LogP contribution in [0.3, 0.4) is 0 Å². The first kappa shape index (κ1) is 15.1. The molecule has 0 aromatic rings. The van der Waals surface area contributed by atoms with Gasteiger partial charge in [0.15, 0.2) is 0 Å². The van der Waals surface area contributed by atoms with Crippen molar-refractivity contribution in [3.8, 4) is 0 Å². The Morgan fingerprint density at radius 2 is 1.81 bits per heavy atom. The van der Waals surface area contributed by atoms with E-state index in [0.717, 1.165) is 11.6 Å². The van der Waals surface area contributed by atoms with Crippen molar-refractivity contribution in [1.82, 2.24) is 4.72 Å². The van der Waals surface area contributed by atoms with Gasteiger partial charge in [-0.2, -0.15) is 13.2 Å². The number of carboxylic acids is 1. The van der Waals surface area contributed by atoms with Crippen molar-refractivity contribution >= 4 is 16.0 Å². The predicted molar refractivity (Wildman–Crippen MR) is 45.9 cm³/mol. The summed E-state index contributed by atoms with van der Waals surface area (Å²) in [4.78, 5) is 10.2. The average Bonchev–Trinajstić information content (AvgIpc) is 1.96. The number of carboxylic acid groups (broad SMARTS) is 1. The van der Waals surface area contributed by atoms with Gasteiger partial charge in [-0.05, 0) is 6.92 Å². The predicted octanol–water partition coefficient (Wildman–Crippen LogP) is -0.349. The van der Waals surface area contributed by atoms with Crippen molar-refractivity contribution in [1.29, 1.82) is 0 Å². The van der Waals surface area contributed by atoms with E-state index in [1.165, 1.54) is 0 Å². The third-order valence-electron chi connectivity index (χ3n) is 1.48. The van der Waals surface area contributed by atoms with E-state index in [1.807, 2.05) is 0 Å². The average molecular weight is 265 g/mol. The minimum atomic E-state index is -5.57. The maximum absolute atomic E-state index is 11.8. The minimum Gasteiger partial charge on any atom is -0.481 e. The summed E-state index contributed by atoms with van der Waals surface area (Å²) in [6.07, 6.45) is -0.882. The zero-order valence-electron chi connectivity index (χ0n) is 8.08. The minimum absolute atomic E-state index is 0.882. The van der Waals surface area contributed by atoms with Gasteiger partial charge in [0.25, 0.3) is 0 Å². The summed E-state index contributed by atoms with van der Waals surface area (Å²) in [5.41, 5.74) is -7.59. The first-order valence-electron chi connectivity index (χ1n) is 3.87. The number of nitrogens with one attached hydrogen (secondary N) is 1. The zero-order chi connectivity index (χ0) is 13.2. The normalized spacial score (nSPS) is 16.8. The molecule has 0 rings (SSSR count). The second-order valence-electron chi connectivity index (χ2n) is 3.34. The number of carbonyl (C=O) groups is 1. The molecular formula is C6H10F3NO5S. The lowest BCUT2D eigenvalue weighted by Gasteiger charge is -2.21. The summed E-state index contributed by atoms with van der Waals surface area (Å²) in [6, 6.07) is 0. The Hall–Kier alpha value is -0.870. The molecule has 0 aromatic carbocycles. The van der Waals surface area contributed by atoms with Gasteiger partial charge in [-0.15, -0.1) is 0 Å². The fourth-order valence-corrected chi connectivity index (χ4v) is 1.39. The van der Waals surface area contributed by atoms with E-state index in [-0.39, 0.29) is 0 Å². The quantitative estimate of drug-likeness (QED) is 0.630.